The second kappa shape index (κ2) is 11.6. The molecule has 2 rings (SSSR count). The fraction of sp³-hybridized carbons (Fsp3) is 0.391. The number of carbonyl (C=O) groups excluding carboxylic acids is 2. The molecule has 0 aliphatic rings. The first kappa shape index (κ1) is 22.9. The maximum atomic E-state index is 11.6. The Bertz CT molecular complexity index is 918. The van der Waals surface area contributed by atoms with Gasteiger partial charge in [-0.1, -0.05) is 31.3 Å². The van der Waals surface area contributed by atoms with E-state index < -0.39 is 0 Å². The van der Waals surface area contributed by atoms with Crippen LogP contribution in [-0.4, -0.2) is 18.5 Å². The third-order valence-corrected chi connectivity index (χ3v) is 5.81. The van der Waals surface area contributed by atoms with Crippen molar-refractivity contribution >= 4 is 34.6 Å². The fourth-order valence-corrected chi connectivity index (χ4v) is 4.19. The summed E-state index contributed by atoms with van der Waals surface area (Å²) in [5.41, 5.74) is 0.919. The number of hydrogen-bond donors (Lipinski definition) is 0. The summed E-state index contributed by atoms with van der Waals surface area (Å²) < 4.78 is 10.4. The van der Waals surface area contributed by atoms with Crippen LogP contribution in [0.5, 0.6) is 0 Å². The van der Waals surface area contributed by atoms with Gasteiger partial charge in [-0.25, -0.2) is 4.79 Å². The number of thiophene rings is 2. The van der Waals surface area contributed by atoms with Gasteiger partial charge in [-0.3, -0.25) is 4.79 Å². The molecule has 0 aromatic carbocycles. The van der Waals surface area contributed by atoms with Crippen LogP contribution in [0.3, 0.4) is 0 Å². The van der Waals surface area contributed by atoms with Crippen LogP contribution in [0.2, 0.25) is 0 Å². The summed E-state index contributed by atoms with van der Waals surface area (Å²) >= 11 is 3.22. The molecule has 154 valence electrons. The Balaban J connectivity index is 1.83. The highest BCUT2D eigenvalue weighted by molar-refractivity contribution is 7.22. The average molecular weight is 431 g/mol. The number of hydrogen-bond acceptors (Lipinski definition) is 6. The van der Waals surface area contributed by atoms with Crippen molar-refractivity contribution in [2.45, 2.75) is 47.1 Å². The Morgan fingerprint density at radius 1 is 1.07 bits per heavy atom. The molecular formula is C23H26O4S2. The Morgan fingerprint density at radius 2 is 1.79 bits per heavy atom. The highest BCUT2D eigenvalue weighted by Gasteiger charge is 2.08. The van der Waals surface area contributed by atoms with Crippen LogP contribution in [0.25, 0.3) is 9.75 Å². The van der Waals surface area contributed by atoms with Gasteiger partial charge >= 0.3 is 11.9 Å². The third-order valence-electron chi connectivity index (χ3n) is 3.55. The molecule has 0 saturated carbocycles. The predicted octanol–water partition coefficient (Wildman–Crippen LogP) is 5.82. The average Bonchev–Trinajstić information content (AvgIpc) is 3.27. The molecule has 4 nitrogen and oxygen atoms in total. The van der Waals surface area contributed by atoms with Crippen LogP contribution < -0.4 is 0 Å². The minimum Gasteiger partial charge on any atom is -0.465 e. The molecule has 0 unspecified atom stereocenters. The SMILES string of the molecule is CC(C)=CC(=O)OCc1ccc(-c2ccc(C#CCCOC(=O)CC(C)C)s2)s1. The molecular weight excluding hydrogens is 404 g/mol. The number of esters is 2. The van der Waals surface area contributed by atoms with E-state index in [0.717, 1.165) is 25.1 Å². The van der Waals surface area contributed by atoms with E-state index in [9.17, 15) is 9.59 Å². The molecule has 0 N–H and O–H groups in total. The van der Waals surface area contributed by atoms with Gasteiger partial charge in [-0.15, -0.1) is 22.7 Å². The quantitative estimate of drug-likeness (QED) is 0.229. The molecule has 2 aromatic rings. The number of allylic oxidation sites excluding steroid dienone is 1. The van der Waals surface area contributed by atoms with E-state index >= 15 is 0 Å². The van der Waals surface area contributed by atoms with Crippen LogP contribution in [-0.2, 0) is 25.7 Å². The summed E-state index contributed by atoms with van der Waals surface area (Å²) in [6, 6.07) is 8.05. The topological polar surface area (TPSA) is 52.6 Å². The zero-order valence-corrected chi connectivity index (χ0v) is 18.9. The highest BCUT2D eigenvalue weighted by atomic mass is 32.1. The molecule has 0 radical (unpaired) electrons. The van der Waals surface area contributed by atoms with E-state index in [2.05, 4.69) is 11.8 Å². The smallest absolute Gasteiger partial charge is 0.331 e. The van der Waals surface area contributed by atoms with Gasteiger partial charge < -0.3 is 9.47 Å². The van der Waals surface area contributed by atoms with E-state index in [1.807, 2.05) is 52.0 Å². The van der Waals surface area contributed by atoms with Gasteiger partial charge in [-0.05, 0) is 44.0 Å². The zero-order valence-electron chi connectivity index (χ0n) is 17.2. The van der Waals surface area contributed by atoms with Crippen molar-refractivity contribution in [1.82, 2.24) is 0 Å². The van der Waals surface area contributed by atoms with Crippen LogP contribution in [0, 0.1) is 17.8 Å². The van der Waals surface area contributed by atoms with Gasteiger partial charge in [-0.2, -0.15) is 0 Å². The van der Waals surface area contributed by atoms with Crippen molar-refractivity contribution in [3.63, 3.8) is 0 Å². The Hall–Kier alpha value is -2.36. The number of carbonyl (C=O) groups is 2. The fourth-order valence-electron chi connectivity index (χ4n) is 2.30. The lowest BCUT2D eigenvalue weighted by Crippen LogP contribution is -2.08. The lowest BCUT2D eigenvalue weighted by Gasteiger charge is -2.03. The molecule has 0 bridgehead atoms. The molecule has 2 heterocycles. The number of rotatable bonds is 8. The van der Waals surface area contributed by atoms with Crippen molar-refractivity contribution in [2.24, 2.45) is 5.92 Å². The molecule has 0 fully saturated rings. The molecule has 0 spiro atoms. The molecule has 0 aliphatic heterocycles. The Kier molecular flexibility index (Phi) is 9.17. The van der Waals surface area contributed by atoms with Gasteiger partial charge in [0, 0.05) is 33.5 Å². The monoisotopic (exact) mass is 430 g/mol. The van der Waals surface area contributed by atoms with E-state index in [-0.39, 0.29) is 18.5 Å². The molecule has 6 heteroatoms. The van der Waals surface area contributed by atoms with Gasteiger partial charge in [0.2, 0.25) is 0 Å². The van der Waals surface area contributed by atoms with E-state index in [1.54, 1.807) is 22.7 Å². The lowest BCUT2D eigenvalue weighted by atomic mass is 10.1. The van der Waals surface area contributed by atoms with Crippen molar-refractivity contribution in [2.75, 3.05) is 6.61 Å². The summed E-state index contributed by atoms with van der Waals surface area (Å²) in [6.07, 6.45) is 2.46. The summed E-state index contributed by atoms with van der Waals surface area (Å²) in [6.45, 7) is 8.31. The van der Waals surface area contributed by atoms with E-state index in [1.165, 1.54) is 6.08 Å². The van der Waals surface area contributed by atoms with E-state index in [4.69, 9.17) is 9.47 Å². The van der Waals surface area contributed by atoms with Crippen LogP contribution >= 0.6 is 22.7 Å². The van der Waals surface area contributed by atoms with Crippen molar-refractivity contribution < 1.29 is 19.1 Å². The molecule has 0 saturated heterocycles. The van der Waals surface area contributed by atoms with Gasteiger partial charge in [0.1, 0.15) is 13.2 Å². The summed E-state index contributed by atoms with van der Waals surface area (Å²) in [5, 5.41) is 0. The maximum absolute atomic E-state index is 11.6. The van der Waals surface area contributed by atoms with Crippen molar-refractivity contribution in [3.8, 4) is 21.6 Å². The molecule has 2 aromatic heterocycles. The molecule has 29 heavy (non-hydrogen) atoms. The first-order valence-corrected chi connectivity index (χ1v) is 11.1. The number of ether oxygens (including phenoxy) is 2. The summed E-state index contributed by atoms with van der Waals surface area (Å²) in [4.78, 5) is 27.3. The van der Waals surface area contributed by atoms with Crippen LogP contribution in [0.4, 0.5) is 0 Å². The standard InChI is InChI=1S/C23H26O4S2/c1-16(2)13-22(24)26-12-6-5-7-18-8-10-20(28-18)21-11-9-19(29-21)15-27-23(25)14-17(3)4/h8-11,14,16H,6,12-13,15H2,1-4H3. The zero-order chi connectivity index (χ0) is 21.2. The first-order valence-electron chi connectivity index (χ1n) is 9.48. The highest BCUT2D eigenvalue weighted by Crippen LogP contribution is 2.33. The lowest BCUT2D eigenvalue weighted by molar-refractivity contribution is -0.144. The normalized spacial score (nSPS) is 10.2. The minimum atomic E-state index is -0.316. The van der Waals surface area contributed by atoms with Crippen LogP contribution in [0.15, 0.2) is 35.9 Å². The second-order valence-electron chi connectivity index (χ2n) is 7.13. The maximum Gasteiger partial charge on any atom is 0.331 e. The van der Waals surface area contributed by atoms with Gasteiger partial charge in [0.15, 0.2) is 0 Å². The minimum absolute atomic E-state index is 0.166. The second-order valence-corrected chi connectivity index (χ2v) is 9.38. The largest absolute Gasteiger partial charge is 0.465 e. The van der Waals surface area contributed by atoms with E-state index in [0.29, 0.717) is 25.4 Å². The summed E-state index contributed by atoms with van der Waals surface area (Å²) in [7, 11) is 0. The third kappa shape index (κ3) is 8.68. The summed E-state index contributed by atoms with van der Waals surface area (Å²) in [5.74, 6) is 6.00. The predicted molar refractivity (Wildman–Crippen MR) is 119 cm³/mol. The first-order chi connectivity index (χ1) is 13.8. The van der Waals surface area contributed by atoms with Gasteiger partial charge in [0.05, 0.1) is 4.88 Å². The van der Waals surface area contributed by atoms with Crippen molar-refractivity contribution in [3.05, 3.63) is 45.7 Å². The van der Waals surface area contributed by atoms with Crippen LogP contribution in [0.1, 0.15) is 50.3 Å². The van der Waals surface area contributed by atoms with Crippen molar-refractivity contribution in [1.29, 1.82) is 0 Å². The Morgan fingerprint density at radius 3 is 2.52 bits per heavy atom. The molecule has 0 atom stereocenters. The molecule has 0 amide bonds. The molecule has 0 aliphatic carbocycles. The Labute approximate surface area is 180 Å². The van der Waals surface area contributed by atoms with Gasteiger partial charge in [0.25, 0.3) is 0 Å².